The normalized spacial score (nSPS) is 11.3. The molecule has 0 saturated carbocycles. The van der Waals surface area contributed by atoms with Crippen LogP contribution in [-0.4, -0.2) is 4.57 Å². The Morgan fingerprint density at radius 2 is 0.843 bits per heavy atom. The summed E-state index contributed by atoms with van der Waals surface area (Å²) in [6.07, 6.45) is 0. The fourth-order valence-corrected chi connectivity index (χ4v) is 9.55. The Labute approximate surface area is 308 Å². The number of aromatic nitrogens is 1. The van der Waals surface area contributed by atoms with Crippen LogP contribution in [0.5, 0.6) is 0 Å². The van der Waals surface area contributed by atoms with Gasteiger partial charge in [0.1, 0.15) is 0 Å². The van der Waals surface area contributed by atoms with E-state index in [-0.39, 0.29) is 0 Å². The first-order valence-corrected chi connectivity index (χ1v) is 19.2. The molecule has 10 rings (SSSR count). The van der Waals surface area contributed by atoms with Crippen molar-refractivity contribution >= 4 is 84.8 Å². The Balaban J connectivity index is 0.000000112. The van der Waals surface area contributed by atoms with Crippen LogP contribution < -0.4 is 0 Å². The van der Waals surface area contributed by atoms with Crippen molar-refractivity contribution in [2.45, 2.75) is 41.5 Å². The summed E-state index contributed by atoms with van der Waals surface area (Å²) < 4.78 is 7.97. The van der Waals surface area contributed by atoms with Crippen molar-refractivity contribution in [1.29, 1.82) is 0 Å². The lowest BCUT2D eigenvalue weighted by molar-refractivity contribution is 1.18. The predicted octanol–water partition coefficient (Wildman–Crippen LogP) is 14.7. The van der Waals surface area contributed by atoms with Gasteiger partial charge in [-0.25, -0.2) is 0 Å². The van der Waals surface area contributed by atoms with Crippen LogP contribution in [0.4, 0.5) is 0 Å². The van der Waals surface area contributed by atoms with Crippen LogP contribution in [0.2, 0.25) is 0 Å². The second-order valence-corrected chi connectivity index (χ2v) is 16.0. The van der Waals surface area contributed by atoms with E-state index < -0.39 is 0 Å². The third-order valence-electron chi connectivity index (χ3n) is 9.80. The Morgan fingerprint density at radius 1 is 0.373 bits per heavy atom. The molecule has 0 aliphatic rings. The van der Waals surface area contributed by atoms with Crippen molar-refractivity contribution in [1.82, 2.24) is 4.57 Å². The lowest BCUT2D eigenvalue weighted by atomic mass is 10.1. The maximum atomic E-state index is 2.35. The fraction of sp³-hybridized carbons (Fsp3) is 0.125. The Morgan fingerprint density at radius 3 is 1.43 bits per heavy atom. The highest BCUT2D eigenvalue weighted by atomic mass is 32.1. The van der Waals surface area contributed by atoms with Gasteiger partial charge < -0.3 is 4.57 Å². The molecule has 0 atom stereocenters. The third kappa shape index (κ3) is 6.22. The van der Waals surface area contributed by atoms with E-state index in [4.69, 9.17) is 0 Å². The van der Waals surface area contributed by atoms with Crippen molar-refractivity contribution in [3.63, 3.8) is 0 Å². The number of para-hydroxylation sites is 1. The Hall–Kier alpha value is -5.22. The van der Waals surface area contributed by atoms with Crippen LogP contribution in [0.1, 0.15) is 33.4 Å². The summed E-state index contributed by atoms with van der Waals surface area (Å²) in [5.41, 5.74) is 11.8. The van der Waals surface area contributed by atoms with Crippen LogP contribution in [0.3, 0.4) is 0 Å². The number of aryl methyl sites for hydroxylation is 6. The molecule has 0 aliphatic carbocycles. The quantitative estimate of drug-likeness (QED) is 0.161. The van der Waals surface area contributed by atoms with Gasteiger partial charge in [-0.05, 0) is 119 Å². The van der Waals surface area contributed by atoms with Gasteiger partial charge in [0.15, 0.2) is 0 Å². The second kappa shape index (κ2) is 13.5. The summed E-state index contributed by atoms with van der Waals surface area (Å²) >= 11 is 3.78. The number of nitrogens with zero attached hydrogens (tertiary/aromatic N) is 1. The smallest absolute Gasteiger partial charge is 0.0541 e. The molecule has 0 aliphatic heterocycles. The molecule has 0 N–H and O–H groups in total. The lowest BCUT2D eigenvalue weighted by Gasteiger charge is -2.07. The molecule has 3 heteroatoms. The molecule has 0 radical (unpaired) electrons. The van der Waals surface area contributed by atoms with Crippen molar-refractivity contribution in [2.75, 3.05) is 0 Å². The number of hydrogen-bond acceptors (Lipinski definition) is 2. The largest absolute Gasteiger partial charge is 0.309 e. The molecule has 0 fully saturated rings. The van der Waals surface area contributed by atoms with Gasteiger partial charge >= 0.3 is 0 Å². The minimum absolute atomic E-state index is 1.21. The monoisotopic (exact) mass is 695 g/mol. The Bertz CT molecular complexity index is 2750. The van der Waals surface area contributed by atoms with Crippen LogP contribution in [-0.2, 0) is 0 Å². The van der Waals surface area contributed by atoms with Gasteiger partial charge in [0.05, 0.1) is 11.0 Å². The highest BCUT2D eigenvalue weighted by Crippen LogP contribution is 2.38. The van der Waals surface area contributed by atoms with Gasteiger partial charge in [-0.1, -0.05) is 95.1 Å². The summed E-state index contributed by atoms with van der Waals surface area (Å²) in [5, 5.41) is 8.31. The zero-order chi connectivity index (χ0) is 35.2. The van der Waals surface area contributed by atoms with Gasteiger partial charge in [-0.2, -0.15) is 0 Å². The van der Waals surface area contributed by atoms with Crippen molar-refractivity contribution in [3.05, 3.63) is 173 Å². The zero-order valence-electron chi connectivity index (χ0n) is 30.0. The minimum Gasteiger partial charge on any atom is -0.309 e. The van der Waals surface area contributed by atoms with Crippen molar-refractivity contribution < 1.29 is 0 Å². The van der Waals surface area contributed by atoms with E-state index in [1.54, 1.807) is 0 Å². The summed E-state index contributed by atoms with van der Waals surface area (Å²) in [6.45, 7) is 13.0. The van der Waals surface area contributed by atoms with E-state index in [1.807, 2.05) is 22.7 Å². The third-order valence-corrected chi connectivity index (χ3v) is 12.3. The molecule has 0 amide bonds. The minimum atomic E-state index is 1.21. The second-order valence-electron chi connectivity index (χ2n) is 13.8. The molecular formula is C48H41NS2. The maximum Gasteiger partial charge on any atom is 0.0541 e. The average molecular weight is 696 g/mol. The van der Waals surface area contributed by atoms with E-state index in [0.717, 1.165) is 0 Å². The van der Waals surface area contributed by atoms with E-state index in [2.05, 4.69) is 186 Å². The summed E-state index contributed by atoms with van der Waals surface area (Å²) in [6, 6.07) is 50.5. The number of benzene rings is 7. The maximum absolute atomic E-state index is 2.35. The number of fused-ring (bicyclic) bond motifs is 9. The number of thiophene rings is 2. The SMILES string of the molecule is Cc1ccc(C)c2c1sc1ccccc12.Cc1ccc2c(c1)c1cc(C)ccc1n2-c1ccccc1.Cc1ccc2sc3ccc(C)cc3c2c1. The van der Waals surface area contributed by atoms with Crippen molar-refractivity contribution in [2.24, 2.45) is 0 Å². The van der Waals surface area contributed by atoms with E-state index >= 15 is 0 Å². The van der Waals surface area contributed by atoms with E-state index in [0.29, 0.717) is 0 Å². The number of hydrogen-bond donors (Lipinski definition) is 0. The molecule has 250 valence electrons. The lowest BCUT2D eigenvalue weighted by Crippen LogP contribution is -1.92. The van der Waals surface area contributed by atoms with Crippen LogP contribution in [0.15, 0.2) is 140 Å². The topological polar surface area (TPSA) is 4.93 Å². The molecular weight excluding hydrogens is 655 g/mol. The van der Waals surface area contributed by atoms with Crippen molar-refractivity contribution in [3.8, 4) is 5.69 Å². The molecule has 10 aromatic rings. The van der Waals surface area contributed by atoms with Gasteiger partial charge in [0.25, 0.3) is 0 Å². The van der Waals surface area contributed by atoms with E-state index in [1.165, 1.54) is 101 Å². The summed E-state index contributed by atoms with van der Waals surface area (Å²) in [7, 11) is 0. The standard InChI is InChI=1S/C20H17N.2C14H12S/c1-14-8-10-19-17(12-14)18-13-15(2)9-11-20(18)21(19)16-6-4-3-5-7-16;1-9-3-5-13-11(7-9)12-8-10(2)4-6-14(12)15-13;1-9-7-8-10(2)14-13(9)11-5-3-4-6-12(11)15-14/h3-13H,1-2H3;2*3-8H,1-2H3. The van der Waals surface area contributed by atoms with Crippen LogP contribution >= 0.6 is 22.7 Å². The zero-order valence-corrected chi connectivity index (χ0v) is 31.7. The van der Waals surface area contributed by atoms with Crippen LogP contribution in [0.25, 0.3) is 67.8 Å². The molecule has 7 aromatic carbocycles. The van der Waals surface area contributed by atoms with Gasteiger partial charge in [0, 0.05) is 56.8 Å². The molecule has 0 unspecified atom stereocenters. The average Bonchev–Trinajstić information content (AvgIpc) is 3.81. The first-order valence-electron chi connectivity index (χ1n) is 17.6. The molecule has 0 bridgehead atoms. The molecule has 3 aromatic heterocycles. The molecule has 0 spiro atoms. The molecule has 0 saturated heterocycles. The fourth-order valence-electron chi connectivity index (χ4n) is 7.23. The molecule has 1 nitrogen and oxygen atoms in total. The van der Waals surface area contributed by atoms with Gasteiger partial charge in [0.2, 0.25) is 0 Å². The summed E-state index contributed by atoms with van der Waals surface area (Å²) in [5.74, 6) is 0. The first kappa shape index (κ1) is 33.0. The Kier molecular flexibility index (Phi) is 8.71. The highest BCUT2D eigenvalue weighted by molar-refractivity contribution is 7.26. The molecule has 3 heterocycles. The highest BCUT2D eigenvalue weighted by Gasteiger charge is 2.12. The van der Waals surface area contributed by atoms with Gasteiger partial charge in [-0.3, -0.25) is 0 Å². The van der Waals surface area contributed by atoms with Crippen LogP contribution in [0, 0.1) is 41.5 Å². The predicted molar refractivity (Wildman–Crippen MR) is 228 cm³/mol. The summed E-state index contributed by atoms with van der Waals surface area (Å²) in [4.78, 5) is 0. The number of rotatable bonds is 1. The first-order chi connectivity index (χ1) is 24.7. The van der Waals surface area contributed by atoms with E-state index in [9.17, 15) is 0 Å². The van der Waals surface area contributed by atoms with Gasteiger partial charge in [-0.15, -0.1) is 22.7 Å². The molecule has 51 heavy (non-hydrogen) atoms.